The van der Waals surface area contributed by atoms with Gasteiger partial charge in [0.2, 0.25) is 0 Å². The number of ether oxygens (including phenoxy) is 1. The fourth-order valence-corrected chi connectivity index (χ4v) is 4.42. The van der Waals surface area contributed by atoms with E-state index in [9.17, 15) is 4.79 Å². The molecule has 0 radical (unpaired) electrons. The molecule has 0 saturated carbocycles. The van der Waals surface area contributed by atoms with Gasteiger partial charge in [-0.15, -0.1) is 11.3 Å². The lowest BCUT2D eigenvalue weighted by molar-refractivity contribution is -0.142. The van der Waals surface area contributed by atoms with Crippen molar-refractivity contribution in [2.45, 2.75) is 59.3 Å². The summed E-state index contributed by atoms with van der Waals surface area (Å²) in [6.45, 7) is 11.4. The van der Waals surface area contributed by atoms with Crippen LogP contribution in [0.25, 0.3) is 0 Å². The van der Waals surface area contributed by atoms with E-state index in [0.717, 1.165) is 17.8 Å². The number of carbonyl (C=O) groups is 1. The highest BCUT2D eigenvalue weighted by molar-refractivity contribution is 7.12. The third kappa shape index (κ3) is 3.16. The van der Waals surface area contributed by atoms with Gasteiger partial charge < -0.3 is 4.74 Å². The molecule has 2 rings (SSSR count). The van der Waals surface area contributed by atoms with Gasteiger partial charge in [-0.1, -0.05) is 27.7 Å². The Morgan fingerprint density at radius 3 is 2.68 bits per heavy atom. The van der Waals surface area contributed by atoms with Crippen molar-refractivity contribution in [2.24, 2.45) is 5.41 Å². The number of fused-ring (bicyclic) bond motifs is 1. The van der Waals surface area contributed by atoms with Gasteiger partial charge in [0.05, 0.1) is 18.7 Å². The van der Waals surface area contributed by atoms with Crippen molar-refractivity contribution in [2.75, 3.05) is 6.61 Å². The SMILES string of the molecule is CCOC(=O)Cc1nc2c(s1)C(C)(C)CC(C)(C)C2. The molecule has 19 heavy (non-hydrogen) atoms. The molecule has 1 heterocycles. The number of hydrogen-bond donors (Lipinski definition) is 0. The first-order valence-electron chi connectivity index (χ1n) is 6.88. The van der Waals surface area contributed by atoms with Gasteiger partial charge in [-0.25, -0.2) is 4.98 Å². The van der Waals surface area contributed by atoms with Crippen LogP contribution in [-0.2, 0) is 27.8 Å². The second-order valence-electron chi connectivity index (χ2n) is 6.77. The summed E-state index contributed by atoms with van der Waals surface area (Å²) in [6.07, 6.45) is 2.47. The normalized spacial score (nSPS) is 19.8. The molecule has 0 unspecified atom stereocenters. The molecule has 0 atom stereocenters. The molecule has 0 aromatic carbocycles. The summed E-state index contributed by atoms with van der Waals surface area (Å²) in [6, 6.07) is 0. The Kier molecular flexibility index (Phi) is 3.74. The number of carbonyl (C=O) groups excluding carboxylic acids is 1. The van der Waals surface area contributed by atoms with E-state index in [4.69, 9.17) is 4.74 Å². The smallest absolute Gasteiger partial charge is 0.312 e. The molecule has 0 amide bonds. The lowest BCUT2D eigenvalue weighted by Gasteiger charge is -2.39. The minimum Gasteiger partial charge on any atom is -0.466 e. The van der Waals surface area contributed by atoms with E-state index < -0.39 is 0 Å². The van der Waals surface area contributed by atoms with Crippen molar-refractivity contribution >= 4 is 17.3 Å². The van der Waals surface area contributed by atoms with E-state index in [0.29, 0.717) is 13.0 Å². The summed E-state index contributed by atoms with van der Waals surface area (Å²) in [5.74, 6) is -0.175. The maximum Gasteiger partial charge on any atom is 0.312 e. The quantitative estimate of drug-likeness (QED) is 0.796. The van der Waals surface area contributed by atoms with Crippen molar-refractivity contribution in [3.05, 3.63) is 15.6 Å². The second kappa shape index (κ2) is 4.89. The maximum absolute atomic E-state index is 11.6. The van der Waals surface area contributed by atoms with Crippen LogP contribution >= 0.6 is 11.3 Å². The Labute approximate surface area is 119 Å². The number of esters is 1. The topological polar surface area (TPSA) is 39.2 Å². The van der Waals surface area contributed by atoms with E-state index in [1.807, 2.05) is 6.92 Å². The summed E-state index contributed by atoms with van der Waals surface area (Å²) in [7, 11) is 0. The largest absolute Gasteiger partial charge is 0.466 e. The van der Waals surface area contributed by atoms with Crippen LogP contribution in [-0.4, -0.2) is 17.6 Å². The molecule has 0 spiro atoms. The summed E-state index contributed by atoms with van der Waals surface area (Å²) in [5, 5.41) is 0.897. The number of nitrogens with zero attached hydrogens (tertiary/aromatic N) is 1. The van der Waals surface area contributed by atoms with Gasteiger partial charge in [-0.3, -0.25) is 4.79 Å². The lowest BCUT2D eigenvalue weighted by Crippen LogP contribution is -2.33. The molecule has 0 bridgehead atoms. The molecule has 0 aliphatic heterocycles. The van der Waals surface area contributed by atoms with Gasteiger partial charge in [0, 0.05) is 10.3 Å². The predicted molar refractivity (Wildman–Crippen MR) is 77.6 cm³/mol. The van der Waals surface area contributed by atoms with Gasteiger partial charge >= 0.3 is 5.97 Å². The second-order valence-corrected chi connectivity index (χ2v) is 7.85. The molecule has 3 nitrogen and oxygen atoms in total. The molecule has 4 heteroatoms. The molecular formula is C15H23NO2S. The Balaban J connectivity index is 2.25. The van der Waals surface area contributed by atoms with Gasteiger partial charge in [0.15, 0.2) is 0 Å². The summed E-state index contributed by atoms with van der Waals surface area (Å²) in [4.78, 5) is 17.6. The van der Waals surface area contributed by atoms with Crippen molar-refractivity contribution < 1.29 is 9.53 Å². The molecule has 106 valence electrons. The van der Waals surface area contributed by atoms with E-state index in [1.54, 1.807) is 11.3 Å². The standard InChI is InChI=1S/C15H23NO2S/c1-6-18-12(17)7-11-16-10-8-14(2,3)9-15(4,5)13(10)19-11/h6-9H2,1-5H3. The highest BCUT2D eigenvalue weighted by atomic mass is 32.1. The van der Waals surface area contributed by atoms with Crippen molar-refractivity contribution in [3.63, 3.8) is 0 Å². The third-order valence-electron chi connectivity index (χ3n) is 3.52. The number of thiazole rings is 1. The molecule has 0 saturated heterocycles. The van der Waals surface area contributed by atoms with E-state index >= 15 is 0 Å². The fourth-order valence-electron chi connectivity index (χ4n) is 3.25. The van der Waals surface area contributed by atoms with E-state index in [1.165, 1.54) is 10.6 Å². The zero-order chi connectivity index (χ0) is 14.3. The molecule has 1 aromatic heterocycles. The summed E-state index contributed by atoms with van der Waals surface area (Å²) >= 11 is 1.69. The van der Waals surface area contributed by atoms with Crippen LogP contribution < -0.4 is 0 Å². The van der Waals surface area contributed by atoms with Gasteiger partial charge in [-0.2, -0.15) is 0 Å². The molecule has 1 aliphatic rings. The van der Waals surface area contributed by atoms with Crippen LogP contribution in [0.5, 0.6) is 0 Å². The lowest BCUT2D eigenvalue weighted by atomic mass is 9.67. The van der Waals surface area contributed by atoms with Crippen LogP contribution in [0.15, 0.2) is 0 Å². The van der Waals surface area contributed by atoms with Gasteiger partial charge in [0.25, 0.3) is 0 Å². The minimum atomic E-state index is -0.175. The Morgan fingerprint density at radius 2 is 2.05 bits per heavy atom. The van der Waals surface area contributed by atoms with Crippen LogP contribution in [0.1, 0.15) is 56.6 Å². The molecule has 1 aliphatic carbocycles. The molecule has 0 N–H and O–H groups in total. The predicted octanol–water partition coefficient (Wildman–Crippen LogP) is 3.50. The number of aromatic nitrogens is 1. The molecule has 1 aromatic rings. The number of rotatable bonds is 3. The highest BCUT2D eigenvalue weighted by Gasteiger charge is 2.39. The maximum atomic E-state index is 11.6. The van der Waals surface area contributed by atoms with E-state index in [2.05, 4.69) is 32.7 Å². The monoisotopic (exact) mass is 281 g/mol. The Bertz CT molecular complexity index is 488. The highest BCUT2D eigenvalue weighted by Crippen LogP contribution is 2.47. The summed E-state index contributed by atoms with van der Waals surface area (Å²) in [5.41, 5.74) is 1.62. The van der Waals surface area contributed by atoms with Crippen LogP contribution in [0.2, 0.25) is 0 Å². The van der Waals surface area contributed by atoms with Crippen molar-refractivity contribution in [1.29, 1.82) is 0 Å². The third-order valence-corrected chi connectivity index (χ3v) is 4.99. The molecular weight excluding hydrogens is 258 g/mol. The average molecular weight is 281 g/mol. The van der Waals surface area contributed by atoms with E-state index in [-0.39, 0.29) is 16.8 Å². The van der Waals surface area contributed by atoms with Crippen LogP contribution in [0.3, 0.4) is 0 Å². The Hall–Kier alpha value is -0.900. The Morgan fingerprint density at radius 1 is 1.37 bits per heavy atom. The first-order valence-corrected chi connectivity index (χ1v) is 7.70. The zero-order valence-electron chi connectivity index (χ0n) is 12.5. The van der Waals surface area contributed by atoms with Gasteiger partial charge in [-0.05, 0) is 25.2 Å². The van der Waals surface area contributed by atoms with Crippen molar-refractivity contribution in [1.82, 2.24) is 4.98 Å². The molecule has 0 fully saturated rings. The van der Waals surface area contributed by atoms with Crippen LogP contribution in [0, 0.1) is 5.41 Å². The summed E-state index contributed by atoms with van der Waals surface area (Å²) < 4.78 is 5.00. The zero-order valence-corrected chi connectivity index (χ0v) is 13.3. The average Bonchev–Trinajstić information content (AvgIpc) is 2.58. The minimum absolute atomic E-state index is 0.154. The first kappa shape index (κ1) is 14.5. The first-order chi connectivity index (χ1) is 8.73. The fraction of sp³-hybridized carbons (Fsp3) is 0.733. The number of hydrogen-bond acceptors (Lipinski definition) is 4. The van der Waals surface area contributed by atoms with Crippen LogP contribution in [0.4, 0.5) is 0 Å². The van der Waals surface area contributed by atoms with Gasteiger partial charge in [0.1, 0.15) is 5.01 Å². The van der Waals surface area contributed by atoms with Crippen molar-refractivity contribution in [3.8, 4) is 0 Å².